The standard InChI is InChI=1S/C10H5BrCl2N2O/c11-6-1-3-7(4-2-6)15-10(13)8(5-16)9(12)14-15/h1-5H. The molecule has 0 N–H and O–H groups in total. The molecule has 0 atom stereocenters. The van der Waals surface area contributed by atoms with Crippen molar-refractivity contribution in [3.63, 3.8) is 0 Å². The minimum absolute atomic E-state index is 0.0999. The van der Waals surface area contributed by atoms with E-state index in [0.29, 0.717) is 6.29 Å². The molecule has 6 heteroatoms. The molecular formula is C10H5BrCl2N2O. The SMILES string of the molecule is O=Cc1c(Cl)nn(-c2ccc(Br)cc2)c1Cl. The Morgan fingerprint density at radius 2 is 1.88 bits per heavy atom. The Morgan fingerprint density at radius 1 is 1.25 bits per heavy atom. The lowest BCUT2D eigenvalue weighted by molar-refractivity contribution is 0.112. The van der Waals surface area contributed by atoms with Crippen molar-refractivity contribution in [2.75, 3.05) is 0 Å². The van der Waals surface area contributed by atoms with E-state index in [0.717, 1.165) is 10.2 Å². The largest absolute Gasteiger partial charge is 0.298 e. The summed E-state index contributed by atoms with van der Waals surface area (Å²) in [4.78, 5) is 10.7. The van der Waals surface area contributed by atoms with Gasteiger partial charge in [-0.05, 0) is 24.3 Å². The second-order valence-corrected chi connectivity index (χ2v) is 4.63. The van der Waals surface area contributed by atoms with Crippen molar-refractivity contribution in [2.45, 2.75) is 0 Å². The Bertz CT molecular complexity index is 536. The molecule has 0 amide bonds. The van der Waals surface area contributed by atoms with E-state index in [1.54, 1.807) is 0 Å². The molecular weight excluding hydrogens is 315 g/mol. The number of carbonyl (C=O) groups excluding carboxylic acids is 1. The van der Waals surface area contributed by atoms with Crippen LogP contribution in [-0.4, -0.2) is 16.1 Å². The van der Waals surface area contributed by atoms with Crippen molar-refractivity contribution in [3.8, 4) is 5.69 Å². The molecule has 0 fully saturated rings. The summed E-state index contributed by atoms with van der Waals surface area (Å²) >= 11 is 15.1. The van der Waals surface area contributed by atoms with Crippen molar-refractivity contribution < 1.29 is 4.79 Å². The van der Waals surface area contributed by atoms with Gasteiger partial charge in [-0.25, -0.2) is 4.68 Å². The Labute approximate surface area is 110 Å². The first kappa shape index (κ1) is 11.6. The van der Waals surface area contributed by atoms with E-state index >= 15 is 0 Å². The summed E-state index contributed by atoms with van der Waals surface area (Å²) in [5.74, 6) is 0. The summed E-state index contributed by atoms with van der Waals surface area (Å²) in [6.07, 6.45) is 0.590. The second kappa shape index (κ2) is 4.57. The summed E-state index contributed by atoms with van der Waals surface area (Å²) in [7, 11) is 0. The van der Waals surface area contributed by atoms with Crippen LogP contribution in [0.2, 0.25) is 10.3 Å². The predicted octanol–water partition coefficient (Wildman–Crippen LogP) is 3.75. The van der Waals surface area contributed by atoms with Crippen LogP contribution in [0, 0.1) is 0 Å². The molecule has 0 aliphatic heterocycles. The normalized spacial score (nSPS) is 10.4. The number of hydrogen-bond donors (Lipinski definition) is 0. The van der Waals surface area contributed by atoms with Gasteiger partial charge >= 0.3 is 0 Å². The summed E-state index contributed by atoms with van der Waals surface area (Å²) in [6.45, 7) is 0. The number of aromatic nitrogens is 2. The number of benzene rings is 1. The van der Waals surface area contributed by atoms with Crippen LogP contribution in [0.3, 0.4) is 0 Å². The first-order chi connectivity index (χ1) is 7.63. The predicted molar refractivity (Wildman–Crippen MR) is 66.7 cm³/mol. The van der Waals surface area contributed by atoms with Gasteiger partial charge < -0.3 is 0 Å². The number of nitrogens with zero attached hydrogens (tertiary/aromatic N) is 2. The Hall–Kier alpha value is -0.840. The molecule has 0 unspecified atom stereocenters. The van der Waals surface area contributed by atoms with E-state index < -0.39 is 0 Å². The van der Waals surface area contributed by atoms with Gasteiger partial charge in [-0.3, -0.25) is 4.79 Å². The first-order valence-electron chi connectivity index (χ1n) is 4.28. The zero-order valence-electron chi connectivity index (χ0n) is 7.82. The van der Waals surface area contributed by atoms with Gasteiger partial charge in [-0.2, -0.15) is 5.10 Å². The summed E-state index contributed by atoms with van der Waals surface area (Å²) in [5, 5.41) is 4.29. The molecule has 1 heterocycles. The highest BCUT2D eigenvalue weighted by Crippen LogP contribution is 2.25. The fourth-order valence-electron chi connectivity index (χ4n) is 1.24. The molecule has 2 rings (SSSR count). The van der Waals surface area contributed by atoms with Gasteiger partial charge in [0.2, 0.25) is 0 Å². The van der Waals surface area contributed by atoms with E-state index in [2.05, 4.69) is 21.0 Å². The van der Waals surface area contributed by atoms with Crippen molar-refractivity contribution in [1.29, 1.82) is 0 Å². The zero-order valence-corrected chi connectivity index (χ0v) is 10.9. The molecule has 0 bridgehead atoms. The number of aldehydes is 1. The van der Waals surface area contributed by atoms with Crippen LogP contribution in [0.25, 0.3) is 5.69 Å². The van der Waals surface area contributed by atoms with Crippen LogP contribution in [0.15, 0.2) is 28.7 Å². The van der Waals surface area contributed by atoms with Gasteiger partial charge in [0.1, 0.15) is 5.15 Å². The van der Waals surface area contributed by atoms with E-state index in [9.17, 15) is 4.79 Å². The molecule has 0 saturated heterocycles. The molecule has 1 aromatic heterocycles. The maximum absolute atomic E-state index is 10.7. The average Bonchev–Trinajstić information content (AvgIpc) is 2.55. The number of carbonyl (C=O) groups is 1. The number of halogens is 3. The maximum atomic E-state index is 10.7. The molecule has 0 aliphatic rings. The highest BCUT2D eigenvalue weighted by molar-refractivity contribution is 9.10. The Balaban J connectivity index is 2.56. The third-order valence-electron chi connectivity index (χ3n) is 2.01. The number of rotatable bonds is 2. The van der Waals surface area contributed by atoms with Crippen LogP contribution in [-0.2, 0) is 0 Å². The fourth-order valence-corrected chi connectivity index (χ4v) is 2.03. The summed E-state index contributed by atoms with van der Waals surface area (Å²) < 4.78 is 2.36. The first-order valence-corrected chi connectivity index (χ1v) is 5.83. The van der Waals surface area contributed by atoms with Gasteiger partial charge in [0, 0.05) is 4.47 Å². The highest BCUT2D eigenvalue weighted by Gasteiger charge is 2.14. The van der Waals surface area contributed by atoms with Crippen molar-refractivity contribution in [2.24, 2.45) is 0 Å². The molecule has 3 nitrogen and oxygen atoms in total. The van der Waals surface area contributed by atoms with Crippen LogP contribution in [0.4, 0.5) is 0 Å². The van der Waals surface area contributed by atoms with E-state index in [1.165, 1.54) is 4.68 Å². The smallest absolute Gasteiger partial charge is 0.163 e. The van der Waals surface area contributed by atoms with Gasteiger partial charge in [0.25, 0.3) is 0 Å². The van der Waals surface area contributed by atoms with Gasteiger partial charge in [-0.1, -0.05) is 39.1 Å². The van der Waals surface area contributed by atoms with Crippen molar-refractivity contribution >= 4 is 45.4 Å². The maximum Gasteiger partial charge on any atom is 0.163 e. The lowest BCUT2D eigenvalue weighted by Crippen LogP contribution is -1.95. The van der Waals surface area contributed by atoms with Crippen LogP contribution in [0.1, 0.15) is 10.4 Å². The lowest BCUT2D eigenvalue weighted by Gasteiger charge is -2.02. The zero-order chi connectivity index (χ0) is 11.7. The molecule has 0 saturated carbocycles. The van der Waals surface area contributed by atoms with Crippen LogP contribution >= 0.6 is 39.1 Å². The quantitative estimate of drug-likeness (QED) is 0.790. The molecule has 0 aliphatic carbocycles. The van der Waals surface area contributed by atoms with Gasteiger partial charge in [0.15, 0.2) is 11.4 Å². The van der Waals surface area contributed by atoms with E-state index in [1.807, 2.05) is 24.3 Å². The van der Waals surface area contributed by atoms with Crippen molar-refractivity contribution in [1.82, 2.24) is 9.78 Å². The summed E-state index contributed by atoms with van der Waals surface area (Å²) in [6, 6.07) is 7.32. The lowest BCUT2D eigenvalue weighted by atomic mass is 10.3. The molecule has 16 heavy (non-hydrogen) atoms. The van der Waals surface area contributed by atoms with E-state index in [-0.39, 0.29) is 15.9 Å². The minimum Gasteiger partial charge on any atom is -0.298 e. The third kappa shape index (κ3) is 2.00. The average molecular weight is 320 g/mol. The molecule has 2 aromatic rings. The summed E-state index contributed by atoms with van der Waals surface area (Å²) in [5.41, 5.74) is 0.939. The highest BCUT2D eigenvalue weighted by atomic mass is 79.9. The Kier molecular flexibility index (Phi) is 3.33. The van der Waals surface area contributed by atoms with Gasteiger partial charge in [-0.15, -0.1) is 0 Å². The monoisotopic (exact) mass is 318 g/mol. The molecule has 0 radical (unpaired) electrons. The minimum atomic E-state index is 0.0999. The fraction of sp³-hybridized carbons (Fsp3) is 0. The second-order valence-electron chi connectivity index (χ2n) is 3.00. The van der Waals surface area contributed by atoms with Crippen LogP contribution < -0.4 is 0 Å². The molecule has 1 aromatic carbocycles. The van der Waals surface area contributed by atoms with Gasteiger partial charge in [0.05, 0.1) is 11.3 Å². The molecule has 82 valence electrons. The topological polar surface area (TPSA) is 34.9 Å². The third-order valence-corrected chi connectivity index (χ3v) is 3.18. The van der Waals surface area contributed by atoms with Crippen molar-refractivity contribution in [3.05, 3.63) is 44.6 Å². The van der Waals surface area contributed by atoms with Crippen LogP contribution in [0.5, 0.6) is 0 Å². The number of hydrogen-bond acceptors (Lipinski definition) is 2. The van der Waals surface area contributed by atoms with E-state index in [4.69, 9.17) is 23.2 Å². The molecule has 0 spiro atoms. The Morgan fingerprint density at radius 3 is 2.38 bits per heavy atom.